The van der Waals surface area contributed by atoms with Gasteiger partial charge in [0.15, 0.2) is 0 Å². The summed E-state index contributed by atoms with van der Waals surface area (Å²) in [5, 5.41) is 9.23. The van der Waals surface area contributed by atoms with Crippen molar-refractivity contribution in [3.8, 4) is 0 Å². The summed E-state index contributed by atoms with van der Waals surface area (Å²) >= 11 is 0. The van der Waals surface area contributed by atoms with E-state index in [2.05, 4.69) is 9.80 Å². The largest absolute Gasteiger partial charge is 0.396 e. The van der Waals surface area contributed by atoms with E-state index in [1.54, 1.807) is 0 Å². The van der Waals surface area contributed by atoms with Crippen LogP contribution in [0.15, 0.2) is 0 Å². The van der Waals surface area contributed by atoms with E-state index in [4.69, 9.17) is 0 Å². The predicted octanol–water partition coefficient (Wildman–Crippen LogP) is 1.71. The van der Waals surface area contributed by atoms with E-state index < -0.39 is 0 Å². The van der Waals surface area contributed by atoms with E-state index in [0.29, 0.717) is 12.5 Å². The quantitative estimate of drug-likeness (QED) is 0.828. The molecule has 1 saturated carbocycles. The van der Waals surface area contributed by atoms with Crippen molar-refractivity contribution < 1.29 is 5.11 Å². The summed E-state index contributed by atoms with van der Waals surface area (Å²) in [5.41, 5.74) is 0. The fourth-order valence-electron chi connectivity index (χ4n) is 4.23. The molecule has 3 fully saturated rings. The first-order valence-electron chi connectivity index (χ1n) is 7.96. The van der Waals surface area contributed by atoms with Crippen molar-refractivity contribution in [2.45, 2.75) is 57.0 Å². The first-order valence-corrected chi connectivity index (χ1v) is 7.96. The zero-order chi connectivity index (χ0) is 12.4. The molecule has 0 amide bonds. The maximum atomic E-state index is 9.23. The van der Waals surface area contributed by atoms with Crippen LogP contribution >= 0.6 is 0 Å². The molecule has 1 unspecified atom stereocenters. The second kappa shape index (κ2) is 5.89. The van der Waals surface area contributed by atoms with Crippen LogP contribution in [0.5, 0.6) is 0 Å². The van der Waals surface area contributed by atoms with Crippen LogP contribution < -0.4 is 0 Å². The normalized spacial score (nSPS) is 33.5. The molecule has 0 aromatic heterocycles. The molecule has 2 saturated heterocycles. The highest BCUT2D eigenvalue weighted by molar-refractivity contribution is 4.88. The maximum Gasteiger partial charge on any atom is 0.0471 e. The van der Waals surface area contributed by atoms with Crippen molar-refractivity contribution in [2.24, 2.45) is 5.92 Å². The molecule has 18 heavy (non-hydrogen) atoms. The van der Waals surface area contributed by atoms with Crippen molar-refractivity contribution in [2.75, 3.05) is 32.8 Å². The minimum atomic E-state index is 0.386. The molecule has 3 rings (SSSR count). The third-order valence-corrected chi connectivity index (χ3v) is 5.43. The molecule has 0 aromatic rings. The zero-order valence-corrected chi connectivity index (χ0v) is 11.6. The maximum absolute atomic E-state index is 9.23. The zero-order valence-electron chi connectivity index (χ0n) is 11.6. The molecule has 2 aliphatic heterocycles. The van der Waals surface area contributed by atoms with E-state index >= 15 is 0 Å². The third kappa shape index (κ3) is 2.73. The van der Waals surface area contributed by atoms with Gasteiger partial charge in [0, 0.05) is 25.2 Å². The fraction of sp³-hybridized carbons (Fsp3) is 1.00. The minimum Gasteiger partial charge on any atom is -0.396 e. The Kier molecular flexibility index (Phi) is 4.22. The average Bonchev–Trinajstić information content (AvgIpc) is 3.10. The fourth-order valence-corrected chi connectivity index (χ4v) is 4.23. The third-order valence-electron chi connectivity index (χ3n) is 5.43. The molecule has 0 radical (unpaired) electrons. The van der Waals surface area contributed by atoms with Crippen LogP contribution in [-0.4, -0.2) is 59.8 Å². The van der Waals surface area contributed by atoms with Crippen molar-refractivity contribution in [3.63, 3.8) is 0 Å². The minimum absolute atomic E-state index is 0.386. The summed E-state index contributed by atoms with van der Waals surface area (Å²) in [6.45, 7) is 5.38. The smallest absolute Gasteiger partial charge is 0.0471 e. The van der Waals surface area contributed by atoms with E-state index in [9.17, 15) is 5.11 Å². The van der Waals surface area contributed by atoms with Gasteiger partial charge < -0.3 is 10.0 Å². The lowest BCUT2D eigenvalue weighted by Crippen LogP contribution is -2.47. The van der Waals surface area contributed by atoms with Crippen molar-refractivity contribution in [1.82, 2.24) is 9.80 Å². The van der Waals surface area contributed by atoms with Crippen LogP contribution in [-0.2, 0) is 0 Å². The molecular weight excluding hydrogens is 224 g/mol. The average molecular weight is 252 g/mol. The Hall–Kier alpha value is -0.120. The highest BCUT2D eigenvalue weighted by Crippen LogP contribution is 2.29. The molecule has 3 nitrogen and oxygen atoms in total. The Morgan fingerprint density at radius 3 is 2.00 bits per heavy atom. The summed E-state index contributed by atoms with van der Waals surface area (Å²) in [6, 6.07) is 1.72. The van der Waals surface area contributed by atoms with Gasteiger partial charge in [-0.2, -0.15) is 0 Å². The SMILES string of the molecule is OCC1CCN(C2CCN(C3CCCC3)CC2)C1. The van der Waals surface area contributed by atoms with E-state index in [0.717, 1.165) is 18.6 Å². The first-order chi connectivity index (χ1) is 8.86. The second-order valence-corrected chi connectivity index (χ2v) is 6.54. The van der Waals surface area contributed by atoms with Gasteiger partial charge in [-0.25, -0.2) is 0 Å². The summed E-state index contributed by atoms with van der Waals surface area (Å²) in [7, 11) is 0. The lowest BCUT2D eigenvalue weighted by atomic mass is 10.0. The standard InChI is InChI=1S/C15H28N2O/c18-12-13-5-8-17(11-13)15-6-9-16(10-7-15)14-3-1-2-4-14/h13-15,18H,1-12H2. The number of hydrogen-bond acceptors (Lipinski definition) is 3. The van der Waals surface area contributed by atoms with Gasteiger partial charge in [-0.1, -0.05) is 12.8 Å². The lowest BCUT2D eigenvalue weighted by Gasteiger charge is -2.39. The molecule has 0 bridgehead atoms. The van der Waals surface area contributed by atoms with Crippen molar-refractivity contribution in [1.29, 1.82) is 0 Å². The molecule has 104 valence electrons. The number of rotatable bonds is 3. The van der Waals surface area contributed by atoms with Gasteiger partial charge in [-0.05, 0) is 57.7 Å². The van der Waals surface area contributed by atoms with Crippen molar-refractivity contribution >= 4 is 0 Å². The summed E-state index contributed by atoms with van der Waals surface area (Å²) in [5.74, 6) is 0.554. The van der Waals surface area contributed by atoms with Crippen LogP contribution in [0.2, 0.25) is 0 Å². The number of hydrogen-bond donors (Lipinski definition) is 1. The summed E-state index contributed by atoms with van der Waals surface area (Å²) < 4.78 is 0. The number of aliphatic hydroxyl groups is 1. The molecule has 1 aliphatic carbocycles. The molecule has 0 aromatic carbocycles. The highest BCUT2D eigenvalue weighted by Gasteiger charge is 2.32. The topological polar surface area (TPSA) is 26.7 Å². The molecule has 1 atom stereocenters. The first kappa shape index (κ1) is 12.9. The monoisotopic (exact) mass is 252 g/mol. The molecule has 3 heteroatoms. The Balaban J connectivity index is 1.45. The van der Waals surface area contributed by atoms with Gasteiger partial charge in [-0.3, -0.25) is 4.90 Å². The molecule has 1 N–H and O–H groups in total. The van der Waals surface area contributed by atoms with Gasteiger partial charge in [0.2, 0.25) is 0 Å². The molecule has 0 spiro atoms. The van der Waals surface area contributed by atoms with E-state index in [-0.39, 0.29) is 0 Å². The van der Waals surface area contributed by atoms with Crippen LogP contribution in [0.4, 0.5) is 0 Å². The Morgan fingerprint density at radius 2 is 1.39 bits per heavy atom. The number of nitrogens with zero attached hydrogens (tertiary/aromatic N) is 2. The van der Waals surface area contributed by atoms with Gasteiger partial charge in [0.05, 0.1) is 0 Å². The van der Waals surface area contributed by atoms with E-state index in [1.807, 2.05) is 0 Å². The van der Waals surface area contributed by atoms with Crippen LogP contribution in [0.3, 0.4) is 0 Å². The Bertz CT molecular complexity index is 257. The van der Waals surface area contributed by atoms with Gasteiger partial charge in [-0.15, -0.1) is 0 Å². The second-order valence-electron chi connectivity index (χ2n) is 6.54. The summed E-state index contributed by atoms with van der Waals surface area (Å²) in [6.07, 6.45) is 9.72. The molecule has 2 heterocycles. The van der Waals surface area contributed by atoms with Crippen LogP contribution in [0, 0.1) is 5.92 Å². The van der Waals surface area contributed by atoms with Gasteiger partial charge >= 0.3 is 0 Å². The van der Waals surface area contributed by atoms with Crippen LogP contribution in [0.1, 0.15) is 44.9 Å². The van der Waals surface area contributed by atoms with Crippen molar-refractivity contribution in [3.05, 3.63) is 0 Å². The Labute approximate surface area is 111 Å². The molecule has 3 aliphatic rings. The van der Waals surface area contributed by atoms with Crippen LogP contribution in [0.25, 0.3) is 0 Å². The van der Waals surface area contributed by atoms with E-state index in [1.165, 1.54) is 64.6 Å². The Morgan fingerprint density at radius 1 is 0.778 bits per heavy atom. The highest BCUT2D eigenvalue weighted by atomic mass is 16.3. The number of aliphatic hydroxyl groups excluding tert-OH is 1. The summed E-state index contributed by atoms with van der Waals surface area (Å²) in [4.78, 5) is 5.40. The van der Waals surface area contributed by atoms with Gasteiger partial charge in [0.1, 0.15) is 0 Å². The number of piperidine rings is 1. The lowest BCUT2D eigenvalue weighted by molar-refractivity contribution is 0.0933. The predicted molar refractivity (Wildman–Crippen MR) is 73.6 cm³/mol. The van der Waals surface area contributed by atoms with Gasteiger partial charge in [0.25, 0.3) is 0 Å². The number of likely N-dealkylation sites (tertiary alicyclic amines) is 2. The molecular formula is C15H28N2O.